The summed E-state index contributed by atoms with van der Waals surface area (Å²) >= 11 is 0. The Kier molecular flexibility index (Phi) is 7.65. The lowest BCUT2D eigenvalue weighted by molar-refractivity contribution is -0.114. The van der Waals surface area contributed by atoms with Gasteiger partial charge >= 0.3 is 5.69 Å². The average molecular weight is 485 g/mol. The molecule has 0 atom stereocenters. The number of nitrogen functional groups attached to an aromatic ring is 1. The Morgan fingerprint density at radius 1 is 1.06 bits per heavy atom. The Morgan fingerprint density at radius 2 is 1.83 bits per heavy atom. The maximum absolute atomic E-state index is 13.4. The third kappa shape index (κ3) is 5.55. The molecule has 2 heterocycles. The Bertz CT molecular complexity index is 1470. The van der Waals surface area contributed by atoms with Crippen molar-refractivity contribution in [1.29, 1.82) is 0 Å². The van der Waals surface area contributed by atoms with Crippen LogP contribution >= 0.6 is 0 Å². The lowest BCUT2D eigenvalue weighted by Crippen LogP contribution is -2.40. The van der Waals surface area contributed by atoms with E-state index in [1.54, 1.807) is 18.2 Å². The number of nitrogens with one attached hydrogen (secondary N) is 1. The van der Waals surface area contributed by atoms with Crippen molar-refractivity contribution in [2.24, 2.45) is 0 Å². The number of benzene rings is 2. The van der Waals surface area contributed by atoms with E-state index in [2.05, 4.69) is 4.98 Å². The summed E-state index contributed by atoms with van der Waals surface area (Å²) in [4.78, 5) is 42.2. The standard InChI is InChI=1S/C28H28N4O4/c1-2-3-16-31-26(29)25(27(34)30-28(31)35)32(19-23-13-8-17-36-23)24(33)15-14-20-9-7-12-22(18-20)21-10-5-4-6-11-21/h4-15,17-18H,2-3,16,19,29H2,1H3,(H,30,34,35)/b15-14+. The lowest BCUT2D eigenvalue weighted by Gasteiger charge is -2.22. The first kappa shape index (κ1) is 24.5. The summed E-state index contributed by atoms with van der Waals surface area (Å²) in [6.07, 6.45) is 6.08. The van der Waals surface area contributed by atoms with Crippen molar-refractivity contribution in [3.05, 3.63) is 111 Å². The first-order valence-electron chi connectivity index (χ1n) is 11.8. The number of unbranched alkanes of at least 4 members (excludes halogenated alkanes) is 1. The molecule has 0 unspecified atom stereocenters. The second-order valence-electron chi connectivity index (χ2n) is 8.33. The molecule has 8 heteroatoms. The molecule has 0 saturated heterocycles. The first-order chi connectivity index (χ1) is 17.5. The van der Waals surface area contributed by atoms with Gasteiger partial charge in [-0.05, 0) is 47.4 Å². The van der Waals surface area contributed by atoms with E-state index in [0.29, 0.717) is 18.7 Å². The minimum absolute atomic E-state index is 0.0283. The van der Waals surface area contributed by atoms with Crippen LogP contribution in [0.4, 0.5) is 11.5 Å². The minimum Gasteiger partial charge on any atom is -0.467 e. The van der Waals surface area contributed by atoms with E-state index in [9.17, 15) is 14.4 Å². The Morgan fingerprint density at radius 3 is 2.56 bits per heavy atom. The van der Waals surface area contributed by atoms with Gasteiger partial charge in [0, 0.05) is 12.6 Å². The number of aromatic amines is 1. The number of nitrogens with two attached hydrogens (primary N) is 1. The first-order valence-corrected chi connectivity index (χ1v) is 11.8. The third-order valence-electron chi connectivity index (χ3n) is 5.79. The lowest BCUT2D eigenvalue weighted by atomic mass is 10.0. The zero-order chi connectivity index (χ0) is 25.5. The molecule has 184 valence electrons. The van der Waals surface area contributed by atoms with E-state index in [1.165, 1.54) is 21.8 Å². The summed E-state index contributed by atoms with van der Waals surface area (Å²) in [7, 11) is 0. The van der Waals surface area contributed by atoms with Gasteiger partial charge in [0.15, 0.2) is 5.69 Å². The Balaban J connectivity index is 1.70. The van der Waals surface area contributed by atoms with Gasteiger partial charge in [0.05, 0.1) is 12.8 Å². The van der Waals surface area contributed by atoms with E-state index in [-0.39, 0.29) is 18.1 Å². The molecule has 1 amide bonds. The van der Waals surface area contributed by atoms with Gasteiger partial charge in [0.25, 0.3) is 11.5 Å². The second kappa shape index (κ2) is 11.2. The number of H-pyrrole nitrogens is 1. The van der Waals surface area contributed by atoms with Gasteiger partial charge in [-0.15, -0.1) is 0 Å². The predicted octanol–water partition coefficient (Wildman–Crippen LogP) is 4.43. The van der Waals surface area contributed by atoms with Gasteiger partial charge in [-0.25, -0.2) is 4.79 Å². The zero-order valence-electron chi connectivity index (χ0n) is 20.0. The van der Waals surface area contributed by atoms with Crippen LogP contribution in [0.25, 0.3) is 17.2 Å². The molecule has 0 radical (unpaired) electrons. The summed E-state index contributed by atoms with van der Waals surface area (Å²) < 4.78 is 6.71. The van der Waals surface area contributed by atoms with Gasteiger partial charge in [0.2, 0.25) is 0 Å². The molecule has 0 fully saturated rings. The fourth-order valence-electron chi connectivity index (χ4n) is 3.91. The van der Waals surface area contributed by atoms with Gasteiger partial charge in [0.1, 0.15) is 11.6 Å². The van der Waals surface area contributed by atoms with Gasteiger partial charge in [-0.3, -0.25) is 24.0 Å². The molecule has 0 aliphatic heterocycles. The van der Waals surface area contributed by atoms with E-state index in [1.807, 2.05) is 61.5 Å². The quantitative estimate of drug-likeness (QED) is 0.341. The molecule has 2 aromatic heterocycles. The van der Waals surface area contributed by atoms with E-state index < -0.39 is 17.2 Å². The molecule has 0 saturated carbocycles. The number of hydrogen-bond donors (Lipinski definition) is 2. The van der Waals surface area contributed by atoms with Crippen LogP contribution in [0.5, 0.6) is 0 Å². The van der Waals surface area contributed by atoms with E-state index >= 15 is 0 Å². The molecular formula is C28H28N4O4. The SMILES string of the molecule is CCCCn1c(N)c(N(Cc2ccco2)C(=O)/C=C/c2cccc(-c3ccccc3)c2)c(=O)[nH]c1=O. The van der Waals surface area contributed by atoms with Gasteiger partial charge < -0.3 is 10.2 Å². The van der Waals surface area contributed by atoms with Crippen LogP contribution in [0, 0.1) is 0 Å². The summed E-state index contributed by atoms with van der Waals surface area (Å²) in [5, 5.41) is 0. The van der Waals surface area contributed by atoms with Crippen molar-refractivity contribution < 1.29 is 9.21 Å². The molecule has 4 rings (SSSR count). The van der Waals surface area contributed by atoms with Crippen LogP contribution in [-0.4, -0.2) is 15.5 Å². The summed E-state index contributed by atoms with van der Waals surface area (Å²) in [6.45, 7) is 2.29. The Hall–Kier alpha value is -4.59. The van der Waals surface area contributed by atoms with E-state index in [4.69, 9.17) is 10.2 Å². The molecule has 0 aliphatic carbocycles. The number of anilines is 2. The van der Waals surface area contributed by atoms with Crippen molar-refractivity contribution in [3.8, 4) is 11.1 Å². The number of furan rings is 1. The Labute approximate surface area is 208 Å². The van der Waals surface area contributed by atoms with Crippen LogP contribution < -0.4 is 21.9 Å². The van der Waals surface area contributed by atoms with Crippen LogP contribution in [0.1, 0.15) is 31.1 Å². The number of nitrogens with zero attached hydrogens (tertiary/aromatic N) is 2. The molecule has 0 bridgehead atoms. The van der Waals surface area contributed by atoms with Crippen molar-refractivity contribution in [2.45, 2.75) is 32.9 Å². The van der Waals surface area contributed by atoms with Crippen molar-refractivity contribution in [1.82, 2.24) is 9.55 Å². The highest BCUT2D eigenvalue weighted by Crippen LogP contribution is 2.23. The van der Waals surface area contributed by atoms with Crippen molar-refractivity contribution >= 4 is 23.5 Å². The maximum Gasteiger partial charge on any atom is 0.330 e. The van der Waals surface area contributed by atoms with Crippen molar-refractivity contribution in [3.63, 3.8) is 0 Å². The van der Waals surface area contributed by atoms with Crippen LogP contribution in [0.15, 0.2) is 93.1 Å². The fourth-order valence-corrected chi connectivity index (χ4v) is 3.91. The third-order valence-corrected chi connectivity index (χ3v) is 5.79. The fraction of sp³-hybridized carbons (Fsp3) is 0.179. The second-order valence-corrected chi connectivity index (χ2v) is 8.33. The molecule has 0 aliphatic rings. The molecular weight excluding hydrogens is 456 g/mol. The van der Waals surface area contributed by atoms with Gasteiger partial charge in [-0.1, -0.05) is 61.9 Å². The number of rotatable bonds is 9. The highest BCUT2D eigenvalue weighted by atomic mass is 16.3. The molecule has 0 spiro atoms. The number of hydrogen-bond acceptors (Lipinski definition) is 5. The zero-order valence-corrected chi connectivity index (χ0v) is 20.0. The summed E-state index contributed by atoms with van der Waals surface area (Å²) in [5.41, 5.74) is 7.75. The predicted molar refractivity (Wildman–Crippen MR) is 141 cm³/mol. The molecule has 36 heavy (non-hydrogen) atoms. The minimum atomic E-state index is -0.732. The highest BCUT2D eigenvalue weighted by Gasteiger charge is 2.24. The number of amides is 1. The highest BCUT2D eigenvalue weighted by molar-refractivity contribution is 6.05. The van der Waals surface area contributed by atoms with Crippen LogP contribution in [0.2, 0.25) is 0 Å². The molecule has 2 aromatic carbocycles. The van der Waals surface area contributed by atoms with Gasteiger partial charge in [-0.2, -0.15) is 0 Å². The van der Waals surface area contributed by atoms with Crippen LogP contribution in [0.3, 0.4) is 0 Å². The summed E-state index contributed by atoms with van der Waals surface area (Å²) in [5.74, 6) is -0.0704. The molecule has 3 N–H and O–H groups in total. The number of carbonyl (C=O) groups excluding carboxylic acids is 1. The van der Waals surface area contributed by atoms with E-state index in [0.717, 1.165) is 23.1 Å². The summed E-state index contributed by atoms with van der Waals surface area (Å²) in [6, 6.07) is 21.1. The largest absolute Gasteiger partial charge is 0.467 e. The normalized spacial score (nSPS) is 11.1. The number of aromatic nitrogens is 2. The average Bonchev–Trinajstić information content (AvgIpc) is 3.40. The monoisotopic (exact) mass is 484 g/mol. The topological polar surface area (TPSA) is 114 Å². The maximum atomic E-state index is 13.4. The van der Waals surface area contributed by atoms with Crippen LogP contribution in [-0.2, 0) is 17.9 Å². The molecule has 8 nitrogen and oxygen atoms in total. The van der Waals surface area contributed by atoms with Crippen molar-refractivity contribution in [2.75, 3.05) is 10.6 Å². The smallest absolute Gasteiger partial charge is 0.330 e. The molecule has 4 aromatic rings. The number of carbonyl (C=O) groups is 1.